The number of aromatic nitrogens is 3. The molecule has 0 bridgehead atoms. The Kier molecular flexibility index (Phi) is 7.15. The van der Waals surface area contributed by atoms with Crippen molar-refractivity contribution in [2.45, 2.75) is 31.6 Å². The van der Waals surface area contributed by atoms with Gasteiger partial charge < -0.3 is 9.88 Å². The minimum Gasteiger partial charge on any atom is -0.342 e. The van der Waals surface area contributed by atoms with E-state index in [9.17, 15) is 14.0 Å². The van der Waals surface area contributed by atoms with Crippen LogP contribution in [0.3, 0.4) is 0 Å². The quantitative estimate of drug-likeness (QED) is 0.425. The van der Waals surface area contributed by atoms with Crippen LogP contribution >= 0.6 is 11.8 Å². The summed E-state index contributed by atoms with van der Waals surface area (Å²) in [5, 5.41) is 20.5. The van der Waals surface area contributed by atoms with Crippen molar-refractivity contribution >= 4 is 23.5 Å². The highest BCUT2D eigenvalue weighted by Crippen LogP contribution is 2.22. The van der Waals surface area contributed by atoms with E-state index in [4.69, 9.17) is 5.26 Å². The first-order chi connectivity index (χ1) is 14.9. The van der Waals surface area contributed by atoms with Crippen LogP contribution in [0.5, 0.6) is 0 Å². The zero-order valence-electron chi connectivity index (χ0n) is 17.0. The topological polar surface area (TPSA) is 101 Å². The number of nitrogens with zero attached hydrogens (tertiary/aromatic N) is 4. The third kappa shape index (κ3) is 5.16. The number of amides is 1. The number of ketones is 1. The summed E-state index contributed by atoms with van der Waals surface area (Å²) in [6.45, 7) is 4.19. The largest absolute Gasteiger partial charge is 0.342 e. The van der Waals surface area contributed by atoms with Gasteiger partial charge in [-0.3, -0.25) is 9.59 Å². The molecule has 1 unspecified atom stereocenters. The van der Waals surface area contributed by atoms with Crippen LogP contribution in [-0.2, 0) is 6.54 Å². The van der Waals surface area contributed by atoms with Crippen molar-refractivity contribution in [3.8, 4) is 6.07 Å². The first kappa shape index (κ1) is 22.2. The lowest BCUT2D eigenvalue weighted by Gasteiger charge is -2.15. The van der Waals surface area contributed by atoms with Crippen molar-refractivity contribution in [2.75, 3.05) is 5.75 Å². The van der Waals surface area contributed by atoms with Gasteiger partial charge in [-0.15, -0.1) is 10.2 Å². The molecule has 158 valence electrons. The monoisotopic (exact) mass is 437 g/mol. The Balaban J connectivity index is 1.68. The summed E-state index contributed by atoms with van der Waals surface area (Å²) in [5.74, 6) is -0.564. The Bertz CT molecular complexity index is 1140. The van der Waals surface area contributed by atoms with Crippen LogP contribution in [0, 0.1) is 17.1 Å². The molecule has 7 nitrogen and oxygen atoms in total. The molecule has 1 amide bonds. The van der Waals surface area contributed by atoms with Gasteiger partial charge in [0.05, 0.1) is 29.0 Å². The Morgan fingerprint density at radius 1 is 1.19 bits per heavy atom. The summed E-state index contributed by atoms with van der Waals surface area (Å²) < 4.78 is 15.7. The second-order valence-electron chi connectivity index (χ2n) is 6.66. The third-order valence-electron chi connectivity index (χ3n) is 4.58. The number of Topliss-reactive ketones (excluding diaryl/α,β-unsaturated/α-hetero) is 1. The highest BCUT2D eigenvalue weighted by Gasteiger charge is 2.21. The Hall–Kier alpha value is -3.51. The number of carbonyl (C=O) groups is 2. The molecule has 0 spiro atoms. The third-order valence-corrected chi connectivity index (χ3v) is 5.55. The molecule has 0 aliphatic heterocycles. The number of rotatable bonds is 8. The van der Waals surface area contributed by atoms with Crippen LogP contribution < -0.4 is 5.32 Å². The molecule has 31 heavy (non-hydrogen) atoms. The second kappa shape index (κ2) is 10.00. The fourth-order valence-electron chi connectivity index (χ4n) is 2.95. The maximum atomic E-state index is 13.9. The molecule has 2 aromatic carbocycles. The highest BCUT2D eigenvalue weighted by molar-refractivity contribution is 7.99. The zero-order valence-corrected chi connectivity index (χ0v) is 17.8. The number of nitriles is 1. The molecular formula is C22H20FN5O2S. The maximum Gasteiger partial charge on any atom is 0.254 e. The molecule has 0 radical (unpaired) electrons. The van der Waals surface area contributed by atoms with Crippen molar-refractivity contribution < 1.29 is 14.0 Å². The number of hydrogen-bond acceptors (Lipinski definition) is 6. The molecule has 0 saturated heterocycles. The van der Waals surface area contributed by atoms with Gasteiger partial charge in [-0.2, -0.15) is 5.26 Å². The molecule has 9 heteroatoms. The van der Waals surface area contributed by atoms with Crippen LogP contribution in [0.4, 0.5) is 4.39 Å². The SMILES string of the molecule is CCn1c(SCC(=O)c2ccc(C#N)cc2)nnc1C(C)NC(=O)c1ccccc1F. The van der Waals surface area contributed by atoms with Crippen LogP contribution in [0.25, 0.3) is 0 Å². The number of carbonyl (C=O) groups excluding carboxylic acids is 2. The number of benzene rings is 2. The van der Waals surface area contributed by atoms with Crippen molar-refractivity contribution in [3.63, 3.8) is 0 Å². The fraction of sp³-hybridized carbons (Fsp3) is 0.227. The van der Waals surface area contributed by atoms with E-state index in [-0.39, 0.29) is 17.1 Å². The Labute approximate surface area is 183 Å². The maximum absolute atomic E-state index is 13.9. The first-order valence-electron chi connectivity index (χ1n) is 9.59. The molecule has 1 aromatic heterocycles. The fourth-order valence-corrected chi connectivity index (χ4v) is 3.86. The van der Waals surface area contributed by atoms with E-state index in [1.54, 1.807) is 37.3 Å². The average Bonchev–Trinajstić information content (AvgIpc) is 3.20. The molecule has 0 fully saturated rings. The summed E-state index contributed by atoms with van der Waals surface area (Å²) >= 11 is 1.24. The van der Waals surface area contributed by atoms with Crippen molar-refractivity contribution in [2.24, 2.45) is 0 Å². The minimum atomic E-state index is -0.596. The molecule has 3 rings (SSSR count). The van der Waals surface area contributed by atoms with Crippen LogP contribution in [0.2, 0.25) is 0 Å². The Morgan fingerprint density at radius 3 is 2.55 bits per heavy atom. The number of hydrogen-bond donors (Lipinski definition) is 1. The summed E-state index contributed by atoms with van der Waals surface area (Å²) in [6, 6.07) is 13.7. The molecule has 1 heterocycles. The lowest BCUT2D eigenvalue weighted by atomic mass is 10.1. The van der Waals surface area contributed by atoms with Crippen LogP contribution in [0.1, 0.15) is 52.0 Å². The lowest BCUT2D eigenvalue weighted by molar-refractivity contribution is 0.0932. The van der Waals surface area contributed by atoms with E-state index in [0.29, 0.717) is 28.7 Å². The van der Waals surface area contributed by atoms with Gasteiger partial charge in [-0.25, -0.2) is 4.39 Å². The smallest absolute Gasteiger partial charge is 0.254 e. The summed E-state index contributed by atoms with van der Waals surface area (Å²) in [6.07, 6.45) is 0. The van der Waals surface area contributed by atoms with Gasteiger partial charge in [0.2, 0.25) is 0 Å². The molecular weight excluding hydrogens is 417 g/mol. The van der Waals surface area contributed by atoms with Crippen LogP contribution in [0.15, 0.2) is 53.7 Å². The van der Waals surface area contributed by atoms with Gasteiger partial charge in [0.1, 0.15) is 5.82 Å². The van der Waals surface area contributed by atoms with E-state index < -0.39 is 17.8 Å². The van der Waals surface area contributed by atoms with Gasteiger partial charge in [0.15, 0.2) is 16.8 Å². The zero-order chi connectivity index (χ0) is 22.4. The number of thioether (sulfide) groups is 1. The van der Waals surface area contributed by atoms with Crippen LogP contribution in [-0.4, -0.2) is 32.2 Å². The first-order valence-corrected chi connectivity index (χ1v) is 10.6. The normalized spacial score (nSPS) is 11.5. The van der Waals surface area contributed by atoms with Crippen molar-refractivity contribution in [1.82, 2.24) is 20.1 Å². The molecule has 3 aromatic rings. The van der Waals surface area contributed by atoms with Gasteiger partial charge in [0.25, 0.3) is 5.91 Å². The number of nitrogens with one attached hydrogen (secondary N) is 1. The van der Waals surface area contributed by atoms with Gasteiger partial charge in [-0.1, -0.05) is 36.0 Å². The molecule has 0 saturated carbocycles. The van der Waals surface area contributed by atoms with Crippen molar-refractivity contribution in [1.29, 1.82) is 5.26 Å². The standard InChI is InChI=1S/C22H20FN5O2S/c1-3-28-20(14(2)25-21(30)17-6-4-5-7-18(17)23)26-27-22(28)31-13-19(29)16-10-8-15(12-24)9-11-16/h4-11,14H,3,13H2,1-2H3,(H,25,30). The van der Waals surface area contributed by atoms with Gasteiger partial charge in [0, 0.05) is 12.1 Å². The summed E-state index contributed by atoms with van der Waals surface area (Å²) in [7, 11) is 0. The lowest BCUT2D eigenvalue weighted by Crippen LogP contribution is -2.29. The van der Waals surface area contributed by atoms with Crippen molar-refractivity contribution in [3.05, 3.63) is 76.9 Å². The minimum absolute atomic E-state index is 0.0421. The van der Waals surface area contributed by atoms with E-state index in [0.717, 1.165) is 0 Å². The predicted molar refractivity (Wildman–Crippen MR) is 114 cm³/mol. The summed E-state index contributed by atoms with van der Waals surface area (Å²) in [5.41, 5.74) is 0.963. The second-order valence-corrected chi connectivity index (χ2v) is 7.60. The van der Waals surface area contributed by atoms with E-state index >= 15 is 0 Å². The van der Waals surface area contributed by atoms with E-state index in [2.05, 4.69) is 15.5 Å². The van der Waals surface area contributed by atoms with Gasteiger partial charge in [-0.05, 0) is 38.1 Å². The van der Waals surface area contributed by atoms with E-state index in [1.807, 2.05) is 17.6 Å². The highest BCUT2D eigenvalue weighted by atomic mass is 32.2. The summed E-state index contributed by atoms with van der Waals surface area (Å²) in [4.78, 5) is 24.8. The van der Waals surface area contributed by atoms with Gasteiger partial charge >= 0.3 is 0 Å². The molecule has 0 aliphatic carbocycles. The predicted octanol–water partition coefficient (Wildman–Crippen LogP) is 3.77. The molecule has 1 N–H and O–H groups in total. The number of halogens is 1. The Morgan fingerprint density at radius 2 is 1.90 bits per heavy atom. The average molecular weight is 438 g/mol. The van der Waals surface area contributed by atoms with E-state index in [1.165, 1.54) is 30.0 Å². The molecule has 1 atom stereocenters. The molecule has 0 aliphatic rings.